The van der Waals surface area contributed by atoms with Crippen molar-refractivity contribution in [3.63, 3.8) is 0 Å². The standard InChI is InChI=1S/C13H14N4O2/c14-6-5-8-7-9(1-2-10(8)15)16-11-3-4-12(18)17-13(11)19/h1-2,7,11,16H,3-5,15H2,(H,17,18,19). The van der Waals surface area contributed by atoms with Crippen molar-refractivity contribution in [3.05, 3.63) is 23.8 Å². The van der Waals surface area contributed by atoms with Crippen LogP contribution in [0.15, 0.2) is 18.2 Å². The lowest BCUT2D eigenvalue weighted by Gasteiger charge is -2.23. The third kappa shape index (κ3) is 3.01. The Balaban J connectivity index is 2.11. The molecule has 1 aromatic rings. The molecular weight excluding hydrogens is 244 g/mol. The fourth-order valence-electron chi connectivity index (χ4n) is 1.97. The quantitative estimate of drug-likeness (QED) is 0.542. The number of nitriles is 1. The van der Waals surface area contributed by atoms with Gasteiger partial charge < -0.3 is 11.1 Å². The molecule has 6 heteroatoms. The number of nitrogens with one attached hydrogen (secondary N) is 2. The van der Waals surface area contributed by atoms with E-state index in [1.807, 2.05) is 6.07 Å². The fourth-order valence-corrected chi connectivity index (χ4v) is 1.97. The molecule has 19 heavy (non-hydrogen) atoms. The minimum absolute atomic E-state index is 0.219. The number of nitrogens with zero attached hydrogens (tertiary/aromatic N) is 1. The SMILES string of the molecule is N#CCc1cc(NC2CCC(=O)NC2=O)ccc1N. The van der Waals surface area contributed by atoms with Crippen LogP contribution in [0.25, 0.3) is 0 Å². The van der Waals surface area contributed by atoms with Crippen molar-refractivity contribution in [3.8, 4) is 6.07 Å². The molecule has 2 amide bonds. The molecule has 0 aromatic heterocycles. The second-order valence-electron chi connectivity index (χ2n) is 4.40. The fraction of sp³-hybridized carbons (Fsp3) is 0.308. The van der Waals surface area contributed by atoms with Gasteiger partial charge in [0.2, 0.25) is 11.8 Å². The minimum Gasteiger partial charge on any atom is -0.398 e. The Kier molecular flexibility index (Phi) is 3.66. The van der Waals surface area contributed by atoms with Gasteiger partial charge in [-0.2, -0.15) is 5.26 Å². The molecule has 1 aliphatic heterocycles. The number of nitrogen functional groups attached to an aromatic ring is 1. The van der Waals surface area contributed by atoms with Crippen LogP contribution in [-0.4, -0.2) is 17.9 Å². The molecule has 4 N–H and O–H groups in total. The molecule has 0 bridgehead atoms. The zero-order valence-electron chi connectivity index (χ0n) is 10.3. The first kappa shape index (κ1) is 12.9. The smallest absolute Gasteiger partial charge is 0.249 e. The van der Waals surface area contributed by atoms with Crippen molar-refractivity contribution >= 4 is 23.2 Å². The number of imide groups is 1. The Morgan fingerprint density at radius 2 is 2.26 bits per heavy atom. The van der Waals surface area contributed by atoms with Crippen LogP contribution in [0, 0.1) is 11.3 Å². The number of nitrogens with two attached hydrogens (primary N) is 1. The molecule has 0 radical (unpaired) electrons. The Morgan fingerprint density at radius 3 is 2.95 bits per heavy atom. The molecule has 1 heterocycles. The van der Waals surface area contributed by atoms with Crippen LogP contribution in [0.1, 0.15) is 18.4 Å². The van der Waals surface area contributed by atoms with Crippen molar-refractivity contribution in [1.82, 2.24) is 5.32 Å². The highest BCUT2D eigenvalue weighted by atomic mass is 16.2. The first-order valence-corrected chi connectivity index (χ1v) is 5.95. The summed E-state index contributed by atoms with van der Waals surface area (Å²) in [6, 6.07) is 6.80. The Bertz CT molecular complexity index is 562. The average molecular weight is 258 g/mol. The number of hydrogen-bond donors (Lipinski definition) is 3. The van der Waals surface area contributed by atoms with Crippen LogP contribution in [0.3, 0.4) is 0 Å². The van der Waals surface area contributed by atoms with Gasteiger partial charge in [0.15, 0.2) is 0 Å². The molecule has 1 unspecified atom stereocenters. The number of piperidine rings is 1. The van der Waals surface area contributed by atoms with E-state index >= 15 is 0 Å². The number of anilines is 2. The van der Waals surface area contributed by atoms with Crippen LogP contribution in [-0.2, 0) is 16.0 Å². The van der Waals surface area contributed by atoms with E-state index in [0.29, 0.717) is 24.2 Å². The topological polar surface area (TPSA) is 108 Å². The van der Waals surface area contributed by atoms with Crippen LogP contribution in [0.4, 0.5) is 11.4 Å². The predicted octanol–water partition coefficient (Wildman–Crippen LogP) is 0.552. The summed E-state index contributed by atoms with van der Waals surface area (Å²) in [5, 5.41) is 14.0. The number of hydrogen-bond acceptors (Lipinski definition) is 5. The van der Waals surface area contributed by atoms with Gasteiger partial charge in [-0.3, -0.25) is 14.9 Å². The van der Waals surface area contributed by atoms with Gasteiger partial charge in [0.05, 0.1) is 12.5 Å². The van der Waals surface area contributed by atoms with Crippen LogP contribution < -0.4 is 16.4 Å². The molecule has 1 aromatic carbocycles. The molecule has 0 aliphatic carbocycles. The first-order valence-electron chi connectivity index (χ1n) is 5.95. The van der Waals surface area contributed by atoms with Crippen molar-refractivity contribution in [2.45, 2.75) is 25.3 Å². The Morgan fingerprint density at radius 1 is 1.47 bits per heavy atom. The van der Waals surface area contributed by atoms with E-state index in [0.717, 1.165) is 5.56 Å². The molecule has 1 atom stereocenters. The maximum Gasteiger partial charge on any atom is 0.249 e. The van der Waals surface area contributed by atoms with Gasteiger partial charge >= 0.3 is 0 Å². The summed E-state index contributed by atoms with van der Waals surface area (Å²) in [4.78, 5) is 22.7. The Labute approximate surface area is 110 Å². The predicted molar refractivity (Wildman–Crippen MR) is 70.0 cm³/mol. The Hall–Kier alpha value is -2.55. The lowest BCUT2D eigenvalue weighted by Crippen LogP contribution is -2.47. The van der Waals surface area contributed by atoms with Gasteiger partial charge in [-0.15, -0.1) is 0 Å². The number of amides is 2. The summed E-state index contributed by atoms with van der Waals surface area (Å²) in [7, 11) is 0. The monoisotopic (exact) mass is 258 g/mol. The molecular formula is C13H14N4O2. The van der Waals surface area contributed by atoms with E-state index in [9.17, 15) is 9.59 Å². The number of benzene rings is 1. The average Bonchev–Trinajstić information content (AvgIpc) is 2.37. The van der Waals surface area contributed by atoms with E-state index in [1.54, 1.807) is 18.2 Å². The lowest BCUT2D eigenvalue weighted by molar-refractivity contribution is -0.133. The van der Waals surface area contributed by atoms with Gasteiger partial charge in [0, 0.05) is 17.8 Å². The van der Waals surface area contributed by atoms with E-state index < -0.39 is 6.04 Å². The number of rotatable bonds is 3. The largest absolute Gasteiger partial charge is 0.398 e. The second-order valence-corrected chi connectivity index (χ2v) is 4.40. The molecule has 1 fully saturated rings. The van der Waals surface area contributed by atoms with Crippen LogP contribution >= 0.6 is 0 Å². The highest BCUT2D eigenvalue weighted by Crippen LogP contribution is 2.20. The number of carbonyl (C=O) groups excluding carboxylic acids is 2. The van der Waals surface area contributed by atoms with Gasteiger partial charge in [-0.25, -0.2) is 0 Å². The summed E-state index contributed by atoms with van der Waals surface area (Å²) in [6.07, 6.45) is 1.00. The van der Waals surface area contributed by atoms with Crippen molar-refractivity contribution in [2.75, 3.05) is 11.1 Å². The second kappa shape index (κ2) is 5.40. The maximum atomic E-state index is 11.6. The van der Waals surface area contributed by atoms with Crippen molar-refractivity contribution in [2.24, 2.45) is 0 Å². The summed E-state index contributed by atoms with van der Waals surface area (Å²) in [5.41, 5.74) is 7.74. The van der Waals surface area contributed by atoms with E-state index in [2.05, 4.69) is 10.6 Å². The normalized spacial score (nSPS) is 18.6. The molecule has 98 valence electrons. The number of carbonyl (C=O) groups is 2. The molecule has 0 saturated carbocycles. The molecule has 1 saturated heterocycles. The summed E-state index contributed by atoms with van der Waals surface area (Å²) >= 11 is 0. The van der Waals surface area contributed by atoms with Gasteiger partial charge in [-0.05, 0) is 30.2 Å². The van der Waals surface area contributed by atoms with Crippen molar-refractivity contribution in [1.29, 1.82) is 5.26 Å². The maximum absolute atomic E-state index is 11.6. The first-order chi connectivity index (χ1) is 9.10. The van der Waals surface area contributed by atoms with E-state index in [4.69, 9.17) is 11.0 Å². The van der Waals surface area contributed by atoms with E-state index in [-0.39, 0.29) is 18.2 Å². The minimum atomic E-state index is -0.434. The van der Waals surface area contributed by atoms with Gasteiger partial charge in [-0.1, -0.05) is 0 Å². The summed E-state index contributed by atoms with van der Waals surface area (Å²) in [5.74, 6) is -0.569. The van der Waals surface area contributed by atoms with E-state index in [1.165, 1.54) is 0 Å². The zero-order valence-corrected chi connectivity index (χ0v) is 10.3. The highest BCUT2D eigenvalue weighted by Gasteiger charge is 2.26. The van der Waals surface area contributed by atoms with Crippen LogP contribution in [0.2, 0.25) is 0 Å². The summed E-state index contributed by atoms with van der Waals surface area (Å²) < 4.78 is 0. The molecule has 1 aliphatic rings. The molecule has 0 spiro atoms. The lowest BCUT2D eigenvalue weighted by atomic mass is 10.0. The van der Waals surface area contributed by atoms with Crippen LogP contribution in [0.5, 0.6) is 0 Å². The highest BCUT2D eigenvalue weighted by molar-refractivity contribution is 6.01. The zero-order chi connectivity index (χ0) is 13.8. The van der Waals surface area contributed by atoms with Gasteiger partial charge in [0.25, 0.3) is 0 Å². The third-order valence-corrected chi connectivity index (χ3v) is 2.99. The molecule has 6 nitrogen and oxygen atoms in total. The van der Waals surface area contributed by atoms with Gasteiger partial charge in [0.1, 0.15) is 6.04 Å². The third-order valence-electron chi connectivity index (χ3n) is 2.99. The van der Waals surface area contributed by atoms with Crippen molar-refractivity contribution < 1.29 is 9.59 Å². The summed E-state index contributed by atoms with van der Waals surface area (Å²) in [6.45, 7) is 0. The molecule has 2 rings (SSSR count).